The maximum absolute atomic E-state index is 13.1. The van der Waals surface area contributed by atoms with E-state index in [4.69, 9.17) is 0 Å². The van der Waals surface area contributed by atoms with Crippen molar-refractivity contribution in [2.24, 2.45) is 0 Å². The summed E-state index contributed by atoms with van der Waals surface area (Å²) < 4.78 is 0. The van der Waals surface area contributed by atoms with Gasteiger partial charge in [0.05, 0.1) is 0 Å². The number of rotatable bonds is 6. The third-order valence-electron chi connectivity index (χ3n) is 5.74. The summed E-state index contributed by atoms with van der Waals surface area (Å²) in [5.74, 6) is -0.460. The molecule has 0 radical (unpaired) electrons. The Bertz CT molecular complexity index is 982. The van der Waals surface area contributed by atoms with Gasteiger partial charge in [-0.15, -0.1) is 0 Å². The van der Waals surface area contributed by atoms with Gasteiger partial charge in [-0.3, -0.25) is 14.5 Å². The Hall–Kier alpha value is -3.15. The highest BCUT2D eigenvalue weighted by molar-refractivity contribution is 6.10. The molecule has 0 bridgehead atoms. The maximum Gasteiger partial charge on any atom is 0.325 e. The monoisotopic (exact) mass is 407 g/mol. The predicted octanol–water partition coefficient (Wildman–Crippen LogP) is 4.09. The summed E-state index contributed by atoms with van der Waals surface area (Å²) in [6, 6.07) is 12.9. The Morgan fingerprint density at radius 2 is 1.80 bits per heavy atom. The van der Waals surface area contributed by atoms with Gasteiger partial charge in [-0.1, -0.05) is 63.2 Å². The van der Waals surface area contributed by atoms with Crippen LogP contribution < -0.4 is 10.6 Å². The van der Waals surface area contributed by atoms with Gasteiger partial charge in [0, 0.05) is 5.69 Å². The number of nitrogens with one attached hydrogen (secondary N) is 2. The fourth-order valence-electron chi connectivity index (χ4n) is 3.76. The van der Waals surface area contributed by atoms with Gasteiger partial charge in [-0.2, -0.15) is 0 Å². The lowest BCUT2D eigenvalue weighted by atomic mass is 9.90. The third kappa shape index (κ3) is 3.95. The van der Waals surface area contributed by atoms with Crippen LogP contribution in [0.4, 0.5) is 10.5 Å². The Balaban J connectivity index is 1.77. The zero-order valence-electron chi connectivity index (χ0n) is 18.2. The van der Waals surface area contributed by atoms with E-state index in [2.05, 4.69) is 24.5 Å². The predicted molar refractivity (Wildman–Crippen MR) is 117 cm³/mol. The van der Waals surface area contributed by atoms with Crippen LogP contribution in [-0.2, 0) is 21.5 Å². The van der Waals surface area contributed by atoms with Gasteiger partial charge >= 0.3 is 6.03 Å². The SMILES string of the molecule is CCc1cccc(C)c1NC(=O)CN1C(=O)N[C@@](C)(c2ccc(C(C)C)cc2)C1=O. The molecule has 1 saturated heterocycles. The van der Waals surface area contributed by atoms with Crippen molar-refractivity contribution < 1.29 is 14.4 Å². The summed E-state index contributed by atoms with van der Waals surface area (Å²) in [5, 5.41) is 5.63. The molecule has 6 nitrogen and oxygen atoms in total. The lowest BCUT2D eigenvalue weighted by molar-refractivity contribution is -0.133. The lowest BCUT2D eigenvalue weighted by Gasteiger charge is -2.23. The largest absolute Gasteiger partial charge is 0.325 e. The molecule has 2 N–H and O–H groups in total. The maximum atomic E-state index is 13.1. The number of hydrogen-bond acceptors (Lipinski definition) is 3. The van der Waals surface area contributed by atoms with Gasteiger partial charge in [0.15, 0.2) is 0 Å². The smallest absolute Gasteiger partial charge is 0.324 e. The topological polar surface area (TPSA) is 78.5 Å². The second-order valence-corrected chi connectivity index (χ2v) is 8.23. The minimum Gasteiger partial charge on any atom is -0.324 e. The number of anilines is 1. The highest BCUT2D eigenvalue weighted by atomic mass is 16.2. The molecule has 1 aliphatic rings. The van der Waals surface area contributed by atoms with Gasteiger partial charge in [0.1, 0.15) is 12.1 Å². The molecule has 0 saturated carbocycles. The molecule has 0 spiro atoms. The fraction of sp³-hybridized carbons (Fsp3) is 0.375. The standard InChI is InChI=1S/C24H29N3O3/c1-6-17-9-7-8-16(4)21(17)25-20(28)14-27-22(29)24(5,26-23(27)30)19-12-10-18(11-13-19)15(2)3/h7-13,15H,6,14H2,1-5H3,(H,25,28)(H,26,30)/t24-/m0/s1. The minimum atomic E-state index is -1.19. The van der Waals surface area contributed by atoms with E-state index in [0.717, 1.165) is 33.7 Å². The molecule has 1 heterocycles. The van der Waals surface area contributed by atoms with Gasteiger partial charge in [-0.05, 0) is 48.4 Å². The Labute approximate surface area is 177 Å². The second-order valence-electron chi connectivity index (χ2n) is 8.23. The number of benzene rings is 2. The van der Waals surface area contributed by atoms with Crippen molar-refractivity contribution in [3.63, 3.8) is 0 Å². The quantitative estimate of drug-likeness (QED) is 0.708. The summed E-state index contributed by atoms with van der Waals surface area (Å²) in [6.07, 6.45) is 0.769. The van der Waals surface area contributed by atoms with E-state index in [1.807, 2.05) is 56.3 Å². The summed E-state index contributed by atoms with van der Waals surface area (Å²) in [5.41, 5.74) is 3.35. The third-order valence-corrected chi connectivity index (χ3v) is 5.74. The average Bonchev–Trinajstić information content (AvgIpc) is 2.93. The Morgan fingerprint density at radius 3 is 2.40 bits per heavy atom. The summed E-state index contributed by atoms with van der Waals surface area (Å²) in [6.45, 7) is 9.46. The van der Waals surface area contributed by atoms with Gasteiger partial charge in [-0.25, -0.2) is 4.79 Å². The van der Waals surface area contributed by atoms with Crippen LogP contribution >= 0.6 is 0 Å². The normalized spacial score (nSPS) is 18.7. The van der Waals surface area contributed by atoms with Crippen molar-refractivity contribution in [3.05, 3.63) is 64.7 Å². The first-order valence-electron chi connectivity index (χ1n) is 10.3. The second kappa shape index (κ2) is 8.30. The molecule has 1 aliphatic heterocycles. The van der Waals surface area contributed by atoms with Crippen LogP contribution in [0.3, 0.4) is 0 Å². The zero-order valence-corrected chi connectivity index (χ0v) is 18.2. The van der Waals surface area contributed by atoms with Gasteiger partial charge in [0.2, 0.25) is 5.91 Å². The van der Waals surface area contributed by atoms with Crippen molar-refractivity contribution in [1.82, 2.24) is 10.2 Å². The molecule has 0 aromatic heterocycles. The molecular weight excluding hydrogens is 378 g/mol. The molecular formula is C24H29N3O3. The van der Waals surface area contributed by atoms with Crippen LogP contribution in [0.5, 0.6) is 0 Å². The molecule has 158 valence electrons. The number of nitrogens with zero attached hydrogens (tertiary/aromatic N) is 1. The summed E-state index contributed by atoms with van der Waals surface area (Å²) in [4.78, 5) is 39.3. The fourth-order valence-corrected chi connectivity index (χ4v) is 3.76. The average molecular weight is 408 g/mol. The Morgan fingerprint density at radius 1 is 1.13 bits per heavy atom. The number of aryl methyl sites for hydroxylation is 2. The molecule has 2 aromatic carbocycles. The molecule has 0 aliphatic carbocycles. The van der Waals surface area contributed by atoms with Crippen molar-refractivity contribution >= 4 is 23.5 Å². The van der Waals surface area contributed by atoms with Crippen LogP contribution in [0.25, 0.3) is 0 Å². The minimum absolute atomic E-state index is 0.332. The van der Waals surface area contributed by atoms with E-state index in [-0.39, 0.29) is 6.54 Å². The molecule has 0 unspecified atom stereocenters. The molecule has 1 fully saturated rings. The van der Waals surface area contributed by atoms with Crippen LogP contribution in [0, 0.1) is 6.92 Å². The number of urea groups is 1. The Kier molecular flexibility index (Phi) is 5.97. The van der Waals surface area contributed by atoms with E-state index in [1.54, 1.807) is 6.92 Å². The van der Waals surface area contributed by atoms with E-state index in [0.29, 0.717) is 11.5 Å². The molecule has 2 aromatic rings. The number of amides is 4. The number of para-hydroxylation sites is 1. The van der Waals surface area contributed by atoms with Crippen molar-refractivity contribution in [2.75, 3.05) is 11.9 Å². The number of carbonyl (C=O) groups excluding carboxylic acids is 3. The first kappa shape index (κ1) is 21.6. The number of hydrogen-bond donors (Lipinski definition) is 2. The van der Waals surface area contributed by atoms with Gasteiger partial charge < -0.3 is 10.6 Å². The first-order valence-corrected chi connectivity index (χ1v) is 10.3. The van der Waals surface area contributed by atoms with Crippen LogP contribution in [-0.4, -0.2) is 29.3 Å². The van der Waals surface area contributed by atoms with Crippen LogP contribution in [0.15, 0.2) is 42.5 Å². The number of carbonyl (C=O) groups is 3. The van der Waals surface area contributed by atoms with E-state index in [9.17, 15) is 14.4 Å². The highest BCUT2D eigenvalue weighted by Gasteiger charge is 2.49. The number of imide groups is 1. The van der Waals surface area contributed by atoms with Gasteiger partial charge in [0.25, 0.3) is 5.91 Å². The van der Waals surface area contributed by atoms with Crippen molar-refractivity contribution in [2.45, 2.75) is 52.5 Å². The van der Waals surface area contributed by atoms with E-state index in [1.165, 1.54) is 0 Å². The van der Waals surface area contributed by atoms with Crippen LogP contribution in [0.1, 0.15) is 55.9 Å². The molecule has 6 heteroatoms. The van der Waals surface area contributed by atoms with E-state index < -0.39 is 23.4 Å². The van der Waals surface area contributed by atoms with E-state index >= 15 is 0 Å². The summed E-state index contributed by atoms with van der Waals surface area (Å²) in [7, 11) is 0. The molecule has 1 atom stereocenters. The molecule has 3 rings (SSSR count). The summed E-state index contributed by atoms with van der Waals surface area (Å²) >= 11 is 0. The lowest BCUT2D eigenvalue weighted by Crippen LogP contribution is -2.42. The van der Waals surface area contributed by atoms with Crippen molar-refractivity contribution in [3.8, 4) is 0 Å². The molecule has 4 amide bonds. The van der Waals surface area contributed by atoms with Crippen molar-refractivity contribution in [1.29, 1.82) is 0 Å². The highest BCUT2D eigenvalue weighted by Crippen LogP contribution is 2.30. The zero-order chi connectivity index (χ0) is 22.1. The van der Waals surface area contributed by atoms with Crippen LogP contribution in [0.2, 0.25) is 0 Å². The first-order chi connectivity index (χ1) is 14.2. The molecule has 30 heavy (non-hydrogen) atoms.